The lowest BCUT2D eigenvalue weighted by atomic mass is 10.1. The number of aliphatic hydroxyl groups is 1. The average Bonchev–Trinajstić information content (AvgIpc) is 2.65. The van der Waals surface area contributed by atoms with Gasteiger partial charge in [-0.1, -0.05) is 18.6 Å². The van der Waals surface area contributed by atoms with Crippen molar-refractivity contribution < 1.29 is 27.9 Å². The van der Waals surface area contributed by atoms with Crippen LogP contribution in [0, 0.1) is 0 Å². The number of halogens is 3. The number of para-hydroxylation sites is 1. The molecule has 1 aromatic carbocycles. The Morgan fingerprint density at radius 2 is 1.82 bits per heavy atom. The van der Waals surface area contributed by atoms with Crippen LogP contribution in [-0.4, -0.2) is 66.0 Å². The molecular formula is C18H24F3N3O3S. The number of nitrogens with zero attached hydrogens (tertiary/aromatic N) is 1. The molecule has 0 bridgehead atoms. The first-order chi connectivity index (χ1) is 13.2. The molecular weight excluding hydrogens is 395 g/mol. The fourth-order valence-corrected chi connectivity index (χ4v) is 3.60. The Morgan fingerprint density at radius 3 is 2.50 bits per heavy atom. The van der Waals surface area contributed by atoms with E-state index in [1.807, 2.05) is 0 Å². The predicted molar refractivity (Wildman–Crippen MR) is 101 cm³/mol. The van der Waals surface area contributed by atoms with Crippen LogP contribution in [0.15, 0.2) is 29.2 Å². The minimum atomic E-state index is -4.34. The SMILES string of the molecule is O=C(NC[C@H](O)CN1CCCCC1)C(=O)Nc1ccccc1SCC(F)(F)F. The van der Waals surface area contributed by atoms with Crippen LogP contribution in [0.1, 0.15) is 19.3 Å². The number of likely N-dealkylation sites (tertiary alicyclic amines) is 1. The van der Waals surface area contributed by atoms with Crippen LogP contribution in [0.3, 0.4) is 0 Å². The number of hydrogen-bond acceptors (Lipinski definition) is 5. The Hall–Kier alpha value is -1.78. The van der Waals surface area contributed by atoms with E-state index >= 15 is 0 Å². The monoisotopic (exact) mass is 419 g/mol. The molecule has 1 saturated heterocycles. The predicted octanol–water partition coefficient (Wildman–Crippen LogP) is 2.24. The number of carbonyl (C=O) groups is 2. The Bertz CT molecular complexity index is 667. The van der Waals surface area contributed by atoms with Gasteiger partial charge in [0.15, 0.2) is 0 Å². The van der Waals surface area contributed by atoms with Gasteiger partial charge in [-0.15, -0.1) is 11.8 Å². The van der Waals surface area contributed by atoms with Gasteiger partial charge >= 0.3 is 18.0 Å². The molecule has 3 N–H and O–H groups in total. The van der Waals surface area contributed by atoms with Crippen LogP contribution in [0.2, 0.25) is 0 Å². The number of rotatable bonds is 7. The molecule has 0 spiro atoms. The molecule has 1 atom stereocenters. The van der Waals surface area contributed by atoms with E-state index in [4.69, 9.17) is 0 Å². The van der Waals surface area contributed by atoms with E-state index in [0.717, 1.165) is 25.9 Å². The Balaban J connectivity index is 1.81. The third-order valence-electron chi connectivity index (χ3n) is 4.15. The topological polar surface area (TPSA) is 81.7 Å². The molecule has 1 aliphatic heterocycles. The van der Waals surface area contributed by atoms with E-state index in [2.05, 4.69) is 15.5 Å². The van der Waals surface area contributed by atoms with Gasteiger partial charge in [0.05, 0.1) is 17.5 Å². The fraction of sp³-hybridized carbons (Fsp3) is 0.556. The molecule has 156 valence electrons. The van der Waals surface area contributed by atoms with E-state index in [0.29, 0.717) is 18.3 Å². The first-order valence-electron chi connectivity index (χ1n) is 9.03. The molecule has 0 unspecified atom stereocenters. The zero-order valence-corrected chi connectivity index (χ0v) is 16.1. The second-order valence-electron chi connectivity index (χ2n) is 6.58. The van der Waals surface area contributed by atoms with Gasteiger partial charge in [-0.3, -0.25) is 9.59 Å². The molecule has 10 heteroatoms. The molecule has 1 aliphatic rings. The number of aliphatic hydroxyl groups excluding tert-OH is 1. The van der Waals surface area contributed by atoms with E-state index in [1.165, 1.54) is 18.6 Å². The standard InChI is InChI=1S/C18H24F3N3O3S/c19-18(20,21)12-28-15-7-3-2-6-14(15)23-17(27)16(26)22-10-13(25)11-24-8-4-1-5-9-24/h2-3,6-7,13,25H,1,4-5,8-12H2,(H,22,26)(H,23,27)/t13-/m0/s1. The molecule has 28 heavy (non-hydrogen) atoms. The maximum absolute atomic E-state index is 12.4. The number of anilines is 1. The van der Waals surface area contributed by atoms with Crippen molar-refractivity contribution in [2.75, 3.05) is 37.2 Å². The van der Waals surface area contributed by atoms with Gasteiger partial charge in [-0.25, -0.2) is 0 Å². The first kappa shape index (κ1) is 22.5. The molecule has 0 aromatic heterocycles. The number of hydrogen-bond donors (Lipinski definition) is 3. The van der Waals surface area contributed by atoms with Crippen molar-refractivity contribution in [3.8, 4) is 0 Å². The van der Waals surface area contributed by atoms with Gasteiger partial charge < -0.3 is 20.6 Å². The lowest BCUT2D eigenvalue weighted by Gasteiger charge is -2.28. The Labute approximate surface area is 165 Å². The van der Waals surface area contributed by atoms with Crippen LogP contribution in [0.5, 0.6) is 0 Å². The molecule has 0 radical (unpaired) electrons. The van der Waals surface area contributed by atoms with Crippen LogP contribution in [-0.2, 0) is 9.59 Å². The molecule has 1 heterocycles. The Morgan fingerprint density at radius 1 is 1.14 bits per heavy atom. The van der Waals surface area contributed by atoms with Crippen molar-refractivity contribution in [1.82, 2.24) is 10.2 Å². The van der Waals surface area contributed by atoms with Crippen LogP contribution >= 0.6 is 11.8 Å². The molecule has 1 fully saturated rings. The third kappa shape index (κ3) is 8.07. The molecule has 0 saturated carbocycles. The van der Waals surface area contributed by atoms with Crippen LogP contribution < -0.4 is 10.6 Å². The second-order valence-corrected chi connectivity index (χ2v) is 7.60. The highest BCUT2D eigenvalue weighted by atomic mass is 32.2. The summed E-state index contributed by atoms with van der Waals surface area (Å²) in [6.45, 7) is 2.14. The molecule has 1 aromatic rings. The van der Waals surface area contributed by atoms with E-state index in [1.54, 1.807) is 12.1 Å². The number of amides is 2. The van der Waals surface area contributed by atoms with Gasteiger partial charge in [0.2, 0.25) is 0 Å². The number of benzene rings is 1. The number of β-amino-alcohol motifs (C(OH)–C–C–N with tert-alkyl or cyclic N) is 1. The second kappa shape index (κ2) is 10.7. The number of carbonyl (C=O) groups excluding carboxylic acids is 2. The smallest absolute Gasteiger partial charge is 0.390 e. The lowest BCUT2D eigenvalue weighted by molar-refractivity contribution is -0.136. The normalized spacial score (nSPS) is 16.4. The van der Waals surface area contributed by atoms with Crippen molar-refractivity contribution in [2.24, 2.45) is 0 Å². The van der Waals surface area contributed by atoms with Crippen LogP contribution in [0.25, 0.3) is 0 Å². The van der Waals surface area contributed by atoms with Crippen molar-refractivity contribution in [1.29, 1.82) is 0 Å². The summed E-state index contributed by atoms with van der Waals surface area (Å²) in [5, 5.41) is 14.7. The van der Waals surface area contributed by atoms with Gasteiger partial charge in [-0.2, -0.15) is 13.2 Å². The maximum atomic E-state index is 12.4. The number of nitrogens with one attached hydrogen (secondary N) is 2. The Kier molecular flexibility index (Phi) is 8.58. The van der Waals surface area contributed by atoms with Gasteiger partial charge in [0.25, 0.3) is 0 Å². The van der Waals surface area contributed by atoms with Crippen molar-refractivity contribution >= 4 is 29.3 Å². The lowest BCUT2D eigenvalue weighted by Crippen LogP contribution is -2.44. The highest BCUT2D eigenvalue weighted by molar-refractivity contribution is 7.99. The zero-order chi connectivity index (χ0) is 20.6. The van der Waals surface area contributed by atoms with E-state index in [9.17, 15) is 27.9 Å². The summed E-state index contributed by atoms with van der Waals surface area (Å²) in [6.07, 6.45) is -1.82. The van der Waals surface area contributed by atoms with E-state index in [-0.39, 0.29) is 17.1 Å². The minimum Gasteiger partial charge on any atom is -0.390 e. The average molecular weight is 419 g/mol. The maximum Gasteiger partial charge on any atom is 0.398 e. The summed E-state index contributed by atoms with van der Waals surface area (Å²) >= 11 is 0.528. The molecule has 2 amide bonds. The summed E-state index contributed by atoms with van der Waals surface area (Å²) in [5.41, 5.74) is 0.130. The van der Waals surface area contributed by atoms with Gasteiger partial charge in [0, 0.05) is 18.0 Å². The summed E-state index contributed by atoms with van der Waals surface area (Å²) in [7, 11) is 0. The minimum absolute atomic E-state index is 0.0762. The molecule has 6 nitrogen and oxygen atoms in total. The quantitative estimate of drug-likeness (QED) is 0.467. The van der Waals surface area contributed by atoms with Crippen molar-refractivity contribution in [2.45, 2.75) is 36.4 Å². The summed E-state index contributed by atoms with van der Waals surface area (Å²) in [5.74, 6) is -3.05. The van der Waals surface area contributed by atoms with Crippen molar-refractivity contribution in [3.63, 3.8) is 0 Å². The van der Waals surface area contributed by atoms with Gasteiger partial charge in [0.1, 0.15) is 0 Å². The third-order valence-corrected chi connectivity index (χ3v) is 5.29. The van der Waals surface area contributed by atoms with E-state index < -0.39 is 29.8 Å². The largest absolute Gasteiger partial charge is 0.398 e. The first-order valence-corrected chi connectivity index (χ1v) is 10.0. The fourth-order valence-electron chi connectivity index (χ4n) is 2.83. The van der Waals surface area contributed by atoms with Gasteiger partial charge in [-0.05, 0) is 38.1 Å². The summed E-state index contributed by atoms with van der Waals surface area (Å²) < 4.78 is 37.2. The van der Waals surface area contributed by atoms with Crippen LogP contribution in [0.4, 0.5) is 18.9 Å². The summed E-state index contributed by atoms with van der Waals surface area (Å²) in [6, 6.07) is 5.96. The molecule has 0 aliphatic carbocycles. The highest BCUT2D eigenvalue weighted by Crippen LogP contribution is 2.32. The molecule has 2 rings (SSSR count). The number of piperidine rings is 1. The zero-order valence-electron chi connectivity index (χ0n) is 15.3. The summed E-state index contributed by atoms with van der Waals surface area (Å²) in [4.78, 5) is 26.3. The number of thioether (sulfide) groups is 1. The van der Waals surface area contributed by atoms with Crippen molar-refractivity contribution in [3.05, 3.63) is 24.3 Å². The highest BCUT2D eigenvalue weighted by Gasteiger charge is 2.28. The number of alkyl halides is 3.